The number of piperazine rings is 1. The van der Waals surface area contributed by atoms with Gasteiger partial charge in [-0.2, -0.15) is 0 Å². The Hall–Kier alpha value is -4.14. The molecular formula is C36H40AsFN8O3. The quantitative estimate of drug-likeness (QED) is 0.154. The number of hydrogen-bond donors (Lipinski definition) is 0. The molecule has 0 saturated carbocycles. The van der Waals surface area contributed by atoms with Crippen LogP contribution in [0.1, 0.15) is 32.7 Å². The summed E-state index contributed by atoms with van der Waals surface area (Å²) in [6, 6.07) is 16.5. The monoisotopic (exact) mass is 726 g/mol. The Morgan fingerprint density at radius 2 is 1.84 bits per heavy atom. The molecule has 3 aliphatic rings. The van der Waals surface area contributed by atoms with Gasteiger partial charge in [0.1, 0.15) is 0 Å². The molecule has 0 radical (unpaired) electrons. The first kappa shape index (κ1) is 33.4. The topological polar surface area (TPSA) is 113 Å². The molecule has 0 spiro atoms. The summed E-state index contributed by atoms with van der Waals surface area (Å²) in [7, 11) is 0. The molecule has 49 heavy (non-hydrogen) atoms. The molecule has 4 aromatic rings. The smallest absolute Gasteiger partial charge is 0.378 e. The third-order valence-corrected chi connectivity index (χ3v) is 10.8. The fourth-order valence-corrected chi connectivity index (χ4v) is 7.71. The number of rotatable bonds is 8. The van der Waals surface area contributed by atoms with Crippen LogP contribution in [-0.2, 0) is 9.53 Å². The molecule has 3 saturated heterocycles. The van der Waals surface area contributed by atoms with Gasteiger partial charge in [-0.15, -0.1) is 0 Å². The van der Waals surface area contributed by atoms with E-state index in [1.165, 1.54) is 29.2 Å². The maximum atomic E-state index is 15.7. The van der Waals surface area contributed by atoms with Crippen molar-refractivity contribution in [2.45, 2.75) is 44.3 Å². The van der Waals surface area contributed by atoms with Crippen LogP contribution in [0.2, 0.25) is 0 Å². The van der Waals surface area contributed by atoms with Crippen LogP contribution in [0.25, 0.3) is 22.3 Å². The average molecular weight is 727 g/mol. The molecule has 11 nitrogen and oxygen atoms in total. The molecule has 0 aliphatic carbocycles. The van der Waals surface area contributed by atoms with E-state index in [2.05, 4.69) is 39.7 Å². The van der Waals surface area contributed by atoms with Gasteiger partial charge in [0.25, 0.3) is 0 Å². The fourth-order valence-electron chi connectivity index (χ4n) is 7.01. The maximum absolute atomic E-state index is 15.7. The van der Waals surface area contributed by atoms with Crippen molar-refractivity contribution in [3.05, 3.63) is 72.3 Å². The summed E-state index contributed by atoms with van der Waals surface area (Å²) < 4.78 is 29.5. The second-order valence-electron chi connectivity index (χ2n) is 13.4. The summed E-state index contributed by atoms with van der Waals surface area (Å²) in [4.78, 5) is 29.4. The van der Waals surface area contributed by atoms with Crippen molar-refractivity contribution < 1.29 is 18.7 Å². The number of hydrogen-bond acceptors (Lipinski definition) is 9. The molecule has 1 amide bonds. The molecule has 1 unspecified atom stereocenters. The summed E-state index contributed by atoms with van der Waals surface area (Å²) in [6.07, 6.45) is 4.82. The van der Waals surface area contributed by atoms with Gasteiger partial charge in [-0.1, -0.05) is 0 Å². The van der Waals surface area contributed by atoms with Crippen LogP contribution < -0.4 is 9.22 Å². The second kappa shape index (κ2) is 14.0. The van der Waals surface area contributed by atoms with E-state index < -0.39 is 11.4 Å². The average Bonchev–Trinajstić information content (AvgIpc) is 3.48. The Kier molecular flexibility index (Phi) is 9.53. The Bertz CT molecular complexity index is 1910. The van der Waals surface area contributed by atoms with Gasteiger partial charge >= 0.3 is 240 Å². The number of aromatic nitrogens is 4. The summed E-state index contributed by atoms with van der Waals surface area (Å²) in [5.74, 6) is 0.242. The zero-order valence-corrected chi connectivity index (χ0v) is 30.2. The standard InChI is InChI=1S/C36H40AsFN8O3/c1-36(2,45-15-13-43(14-16-45)26-21-48-22-26)18-24(19-39)35(47)44-12-6-7-25(20-44)46-34-31(33(37)40-23-41-34)32(42-46)29-11-10-28(17-30(29)38)49-27-8-4-3-5-9-27/h3-5,8-11,17-18,23,25-26H,6-7,12-16,20-22,37H2,1-2H3/t25-/m0/s1. The van der Waals surface area contributed by atoms with Crippen LogP contribution in [0, 0.1) is 17.1 Å². The minimum atomic E-state index is -0.471. The Balaban J connectivity index is 1.11. The molecular weight excluding hydrogens is 686 g/mol. The molecule has 2 aromatic heterocycles. The van der Waals surface area contributed by atoms with Crippen molar-refractivity contribution in [2.75, 3.05) is 52.5 Å². The first-order valence-corrected chi connectivity index (χ1v) is 17.9. The minimum absolute atomic E-state index is 0.146. The molecule has 13 heteroatoms. The predicted molar refractivity (Wildman–Crippen MR) is 186 cm³/mol. The molecule has 2 atom stereocenters. The van der Waals surface area contributed by atoms with Crippen molar-refractivity contribution >= 4 is 38.3 Å². The molecule has 254 valence electrons. The number of piperidine rings is 1. The van der Waals surface area contributed by atoms with Gasteiger partial charge in [-0.05, 0) is 0 Å². The van der Waals surface area contributed by atoms with Gasteiger partial charge in [0.15, 0.2) is 0 Å². The van der Waals surface area contributed by atoms with E-state index in [0.29, 0.717) is 52.9 Å². The zero-order chi connectivity index (χ0) is 34.1. The summed E-state index contributed by atoms with van der Waals surface area (Å²) in [5.41, 5.74) is 1.05. The van der Waals surface area contributed by atoms with Crippen molar-refractivity contribution in [3.63, 3.8) is 0 Å². The summed E-state index contributed by atoms with van der Waals surface area (Å²) >= 11 is 1.30. The number of likely N-dealkylation sites (tertiary alicyclic amines) is 1. The second-order valence-corrected chi connectivity index (χ2v) is 14.5. The molecule has 0 bridgehead atoms. The van der Waals surface area contributed by atoms with Crippen molar-refractivity contribution in [2.24, 2.45) is 0 Å². The van der Waals surface area contributed by atoms with Crippen molar-refractivity contribution in [3.8, 4) is 28.8 Å². The number of nitrogens with zero attached hydrogens (tertiary/aromatic N) is 8. The number of amides is 1. The number of benzene rings is 2. The molecule has 3 aliphatic heterocycles. The number of fused-ring (bicyclic) bond motifs is 1. The van der Waals surface area contributed by atoms with Gasteiger partial charge in [-0.25, -0.2) is 0 Å². The number of halogens is 1. The summed E-state index contributed by atoms with van der Waals surface area (Å²) in [5, 5.41) is 15.8. The minimum Gasteiger partial charge on any atom is -0.378 e. The number of ether oxygens (including phenoxy) is 2. The Morgan fingerprint density at radius 1 is 1.06 bits per heavy atom. The normalized spacial score (nSPS) is 19.9. The van der Waals surface area contributed by atoms with Gasteiger partial charge in [-0.3, -0.25) is 4.90 Å². The number of carbonyl (C=O) groups is 1. The zero-order valence-electron chi connectivity index (χ0n) is 27.8. The summed E-state index contributed by atoms with van der Waals surface area (Å²) in [6.45, 7) is 10.2. The van der Waals surface area contributed by atoms with Gasteiger partial charge in [0.05, 0.1) is 19.3 Å². The van der Waals surface area contributed by atoms with E-state index >= 15 is 4.39 Å². The SMILES string of the molecule is CC(C)(C=C(C#N)C(=O)N1CCC[C@H](n2nc(-c3ccc(Oc4ccccc4)cc3F)c3c([AsH2])ncnc32)C1)N1CCN(C2COC2)CC1. The molecule has 7 rings (SSSR count). The van der Waals surface area contributed by atoms with E-state index in [4.69, 9.17) is 14.6 Å². The van der Waals surface area contributed by atoms with E-state index in [1.807, 2.05) is 41.1 Å². The first-order valence-electron chi connectivity index (χ1n) is 16.7. The third kappa shape index (κ3) is 6.86. The Morgan fingerprint density at radius 3 is 2.53 bits per heavy atom. The number of carbonyl (C=O) groups excluding carboxylic acids is 1. The van der Waals surface area contributed by atoms with E-state index in [0.717, 1.165) is 56.7 Å². The van der Waals surface area contributed by atoms with Gasteiger partial charge in [0, 0.05) is 26.2 Å². The van der Waals surface area contributed by atoms with Crippen LogP contribution in [0.15, 0.2) is 66.5 Å². The van der Waals surface area contributed by atoms with Crippen LogP contribution in [0.4, 0.5) is 4.39 Å². The van der Waals surface area contributed by atoms with Gasteiger partial charge in [0.2, 0.25) is 0 Å². The molecule has 0 N–H and O–H groups in total. The van der Waals surface area contributed by atoms with Crippen LogP contribution in [0.5, 0.6) is 11.5 Å². The molecule has 2 aromatic carbocycles. The van der Waals surface area contributed by atoms with E-state index in [9.17, 15) is 10.1 Å². The van der Waals surface area contributed by atoms with E-state index in [-0.39, 0.29) is 17.5 Å². The van der Waals surface area contributed by atoms with Crippen LogP contribution in [-0.4, -0.2) is 121 Å². The molecule has 5 heterocycles. The van der Waals surface area contributed by atoms with Crippen LogP contribution >= 0.6 is 0 Å². The Labute approximate surface area is 293 Å². The van der Waals surface area contributed by atoms with Crippen LogP contribution in [0.3, 0.4) is 0 Å². The third-order valence-electron chi connectivity index (χ3n) is 9.84. The van der Waals surface area contributed by atoms with Crippen molar-refractivity contribution in [1.29, 1.82) is 5.26 Å². The fraction of sp³-hybridized carbons (Fsp3) is 0.417. The number of nitriles is 1. The van der Waals surface area contributed by atoms with Gasteiger partial charge < -0.3 is 4.74 Å². The molecule has 3 fully saturated rings. The first-order chi connectivity index (χ1) is 23.7. The number of para-hydroxylation sites is 1. The van der Waals surface area contributed by atoms with Crippen molar-refractivity contribution in [1.82, 2.24) is 34.4 Å². The van der Waals surface area contributed by atoms with E-state index in [1.54, 1.807) is 17.0 Å². The predicted octanol–water partition coefficient (Wildman–Crippen LogP) is 3.09.